The number of hydrogen-bond acceptors (Lipinski definition) is 3. The van der Waals surface area contributed by atoms with Gasteiger partial charge in [0.15, 0.2) is 0 Å². The Bertz CT molecular complexity index is 399. The Labute approximate surface area is 130 Å². The minimum absolute atomic E-state index is 0.728. The van der Waals surface area contributed by atoms with Gasteiger partial charge in [-0.05, 0) is 57.6 Å². The van der Waals surface area contributed by atoms with Crippen molar-refractivity contribution in [2.24, 2.45) is 0 Å². The second-order valence-corrected chi connectivity index (χ2v) is 6.52. The van der Waals surface area contributed by atoms with Gasteiger partial charge >= 0.3 is 0 Å². The Hall–Kier alpha value is -0.900. The molecular formula is C18H31N3. The number of nitrogens with one attached hydrogen (secondary N) is 1. The van der Waals surface area contributed by atoms with E-state index in [2.05, 4.69) is 60.4 Å². The summed E-state index contributed by atoms with van der Waals surface area (Å²) in [5, 5.41) is 3.46. The summed E-state index contributed by atoms with van der Waals surface area (Å²) in [7, 11) is 4.35. The maximum Gasteiger partial charge on any atom is 0.0237 e. The lowest BCUT2D eigenvalue weighted by Gasteiger charge is -2.27. The SMILES string of the molecule is CCCNCc1ccc(CN2CCCC2CN(C)C)cc1. The van der Waals surface area contributed by atoms with E-state index >= 15 is 0 Å². The highest BCUT2D eigenvalue weighted by Crippen LogP contribution is 2.20. The number of likely N-dealkylation sites (N-methyl/N-ethyl adjacent to an activating group) is 1. The van der Waals surface area contributed by atoms with Gasteiger partial charge in [-0.2, -0.15) is 0 Å². The standard InChI is InChI=1S/C18H31N3/c1-4-11-19-13-16-7-9-17(10-8-16)14-21-12-5-6-18(21)15-20(2)3/h7-10,18-19H,4-6,11-15H2,1-3H3. The van der Waals surface area contributed by atoms with Crippen LogP contribution < -0.4 is 5.32 Å². The van der Waals surface area contributed by atoms with Crippen LogP contribution in [0, 0.1) is 0 Å². The van der Waals surface area contributed by atoms with Gasteiger partial charge in [-0.15, -0.1) is 0 Å². The number of hydrogen-bond donors (Lipinski definition) is 1. The van der Waals surface area contributed by atoms with E-state index in [0.717, 1.165) is 25.7 Å². The molecule has 1 unspecified atom stereocenters. The zero-order chi connectivity index (χ0) is 15.1. The first-order valence-corrected chi connectivity index (χ1v) is 8.36. The molecule has 21 heavy (non-hydrogen) atoms. The molecule has 1 aromatic carbocycles. The van der Waals surface area contributed by atoms with E-state index in [9.17, 15) is 0 Å². The van der Waals surface area contributed by atoms with Crippen LogP contribution in [0.5, 0.6) is 0 Å². The molecule has 0 spiro atoms. The molecule has 0 saturated carbocycles. The zero-order valence-electron chi connectivity index (χ0n) is 13.9. The van der Waals surface area contributed by atoms with Gasteiger partial charge in [0.25, 0.3) is 0 Å². The van der Waals surface area contributed by atoms with Crippen LogP contribution in [0.4, 0.5) is 0 Å². The number of nitrogens with zero attached hydrogens (tertiary/aromatic N) is 2. The maximum absolute atomic E-state index is 3.46. The predicted molar refractivity (Wildman–Crippen MR) is 90.4 cm³/mol. The van der Waals surface area contributed by atoms with Crippen LogP contribution in [0.3, 0.4) is 0 Å². The molecule has 1 heterocycles. The van der Waals surface area contributed by atoms with Crippen LogP contribution in [0.1, 0.15) is 37.3 Å². The summed E-state index contributed by atoms with van der Waals surface area (Å²) in [5.74, 6) is 0. The summed E-state index contributed by atoms with van der Waals surface area (Å²) in [5.41, 5.74) is 2.83. The molecule has 0 radical (unpaired) electrons. The van der Waals surface area contributed by atoms with E-state index in [4.69, 9.17) is 0 Å². The number of rotatable bonds is 8. The molecule has 1 aliphatic heterocycles. The molecule has 118 valence electrons. The van der Waals surface area contributed by atoms with E-state index in [1.165, 1.54) is 43.5 Å². The van der Waals surface area contributed by atoms with Gasteiger partial charge in [-0.25, -0.2) is 0 Å². The molecule has 0 aliphatic carbocycles. The average molecular weight is 289 g/mol. The van der Waals surface area contributed by atoms with Crippen molar-refractivity contribution in [3.63, 3.8) is 0 Å². The fourth-order valence-electron chi connectivity index (χ4n) is 3.14. The van der Waals surface area contributed by atoms with Gasteiger partial charge in [0.05, 0.1) is 0 Å². The van der Waals surface area contributed by atoms with E-state index in [-0.39, 0.29) is 0 Å². The lowest BCUT2D eigenvalue weighted by Crippen LogP contribution is -2.37. The number of likely N-dealkylation sites (tertiary alicyclic amines) is 1. The van der Waals surface area contributed by atoms with Gasteiger partial charge in [-0.3, -0.25) is 4.90 Å². The van der Waals surface area contributed by atoms with Crippen molar-refractivity contribution >= 4 is 0 Å². The van der Waals surface area contributed by atoms with Crippen LogP contribution in [0.25, 0.3) is 0 Å². The third-order valence-electron chi connectivity index (χ3n) is 4.24. The molecule has 1 saturated heterocycles. The smallest absolute Gasteiger partial charge is 0.0237 e. The fraction of sp³-hybridized carbons (Fsp3) is 0.667. The van der Waals surface area contributed by atoms with Crippen LogP contribution in [-0.4, -0.2) is 49.6 Å². The monoisotopic (exact) mass is 289 g/mol. The predicted octanol–water partition coefficient (Wildman–Crippen LogP) is 2.71. The third kappa shape index (κ3) is 5.42. The van der Waals surface area contributed by atoms with Crippen molar-refractivity contribution < 1.29 is 0 Å². The second-order valence-electron chi connectivity index (χ2n) is 6.52. The highest BCUT2D eigenvalue weighted by atomic mass is 15.2. The molecule has 3 heteroatoms. The quantitative estimate of drug-likeness (QED) is 0.742. The zero-order valence-corrected chi connectivity index (χ0v) is 13.9. The Kier molecular flexibility index (Phi) is 6.68. The van der Waals surface area contributed by atoms with E-state index in [0.29, 0.717) is 0 Å². The van der Waals surface area contributed by atoms with Gasteiger partial charge in [-0.1, -0.05) is 31.2 Å². The fourth-order valence-corrected chi connectivity index (χ4v) is 3.14. The first-order valence-electron chi connectivity index (χ1n) is 8.36. The Morgan fingerprint density at radius 2 is 1.90 bits per heavy atom. The van der Waals surface area contributed by atoms with Crippen molar-refractivity contribution in [3.05, 3.63) is 35.4 Å². The Morgan fingerprint density at radius 1 is 1.19 bits per heavy atom. The molecule has 0 bridgehead atoms. The molecule has 1 N–H and O–H groups in total. The topological polar surface area (TPSA) is 18.5 Å². The van der Waals surface area contributed by atoms with Crippen molar-refractivity contribution in [1.29, 1.82) is 0 Å². The normalized spacial score (nSPS) is 19.5. The Balaban J connectivity index is 1.84. The molecule has 1 aromatic rings. The van der Waals surface area contributed by atoms with Crippen molar-refractivity contribution in [2.45, 2.75) is 45.3 Å². The first kappa shape index (κ1) is 16.5. The van der Waals surface area contributed by atoms with Gasteiger partial charge < -0.3 is 10.2 Å². The van der Waals surface area contributed by atoms with E-state index in [1.54, 1.807) is 0 Å². The Morgan fingerprint density at radius 3 is 2.57 bits per heavy atom. The summed E-state index contributed by atoms with van der Waals surface area (Å²) >= 11 is 0. The summed E-state index contributed by atoms with van der Waals surface area (Å²) < 4.78 is 0. The molecule has 1 fully saturated rings. The largest absolute Gasteiger partial charge is 0.313 e. The van der Waals surface area contributed by atoms with E-state index < -0.39 is 0 Å². The van der Waals surface area contributed by atoms with Crippen LogP contribution in [0.2, 0.25) is 0 Å². The van der Waals surface area contributed by atoms with Crippen LogP contribution >= 0.6 is 0 Å². The van der Waals surface area contributed by atoms with Crippen LogP contribution in [-0.2, 0) is 13.1 Å². The molecule has 0 amide bonds. The number of benzene rings is 1. The molecular weight excluding hydrogens is 258 g/mol. The summed E-state index contributed by atoms with van der Waals surface area (Å²) in [6, 6.07) is 9.87. The molecule has 0 aromatic heterocycles. The lowest BCUT2D eigenvalue weighted by atomic mass is 10.1. The van der Waals surface area contributed by atoms with Crippen molar-refractivity contribution in [2.75, 3.05) is 33.7 Å². The minimum atomic E-state index is 0.728. The highest BCUT2D eigenvalue weighted by molar-refractivity contribution is 5.22. The van der Waals surface area contributed by atoms with Gasteiger partial charge in [0, 0.05) is 25.7 Å². The average Bonchev–Trinajstić information content (AvgIpc) is 2.87. The second kappa shape index (κ2) is 8.52. The van der Waals surface area contributed by atoms with E-state index in [1.807, 2.05) is 0 Å². The summed E-state index contributed by atoms with van der Waals surface area (Å²) in [6.45, 7) is 7.82. The molecule has 3 nitrogen and oxygen atoms in total. The lowest BCUT2D eigenvalue weighted by molar-refractivity contribution is 0.201. The van der Waals surface area contributed by atoms with Crippen molar-refractivity contribution in [1.82, 2.24) is 15.1 Å². The first-order chi connectivity index (χ1) is 10.2. The van der Waals surface area contributed by atoms with Gasteiger partial charge in [0.1, 0.15) is 0 Å². The maximum atomic E-state index is 3.46. The summed E-state index contributed by atoms with van der Waals surface area (Å²) in [4.78, 5) is 4.95. The van der Waals surface area contributed by atoms with Crippen LogP contribution in [0.15, 0.2) is 24.3 Å². The molecule has 2 rings (SSSR count). The van der Waals surface area contributed by atoms with Gasteiger partial charge in [0.2, 0.25) is 0 Å². The van der Waals surface area contributed by atoms with Crippen molar-refractivity contribution in [3.8, 4) is 0 Å². The summed E-state index contributed by atoms with van der Waals surface area (Å²) in [6.07, 6.45) is 3.88. The third-order valence-corrected chi connectivity index (χ3v) is 4.24. The minimum Gasteiger partial charge on any atom is -0.313 e. The molecule has 1 aliphatic rings. The molecule has 1 atom stereocenters. The highest BCUT2D eigenvalue weighted by Gasteiger charge is 2.24.